The van der Waals surface area contributed by atoms with Gasteiger partial charge in [-0.05, 0) is 49.5 Å². The number of nitrogens with two attached hydrogens (primary N) is 1. The van der Waals surface area contributed by atoms with Gasteiger partial charge in [0, 0.05) is 23.7 Å². The normalized spacial score (nSPS) is 11.5. The molecule has 1 heterocycles. The van der Waals surface area contributed by atoms with Crippen LogP contribution in [0, 0.1) is 0 Å². The molecule has 0 spiro atoms. The number of benzene rings is 2. The Bertz CT molecular complexity index is 791. The second-order valence-electron chi connectivity index (χ2n) is 5.73. The van der Waals surface area contributed by atoms with E-state index >= 15 is 0 Å². The third kappa shape index (κ3) is 3.74. The third-order valence-corrected chi connectivity index (χ3v) is 5.25. The zero-order chi connectivity index (χ0) is 16.9. The number of likely N-dealkylation sites (N-methyl/N-ethyl adjacent to an activating group) is 1. The number of aromatic nitrogens is 2. The number of para-hydroxylation sites is 2. The molecule has 0 bridgehead atoms. The smallest absolute Gasteiger partial charge is 0.173 e. The molecule has 0 aliphatic heterocycles. The van der Waals surface area contributed by atoms with Gasteiger partial charge < -0.3 is 15.2 Å². The van der Waals surface area contributed by atoms with Gasteiger partial charge in [-0.3, -0.25) is 0 Å². The predicted octanol–water partition coefficient (Wildman–Crippen LogP) is 4.11. The van der Waals surface area contributed by atoms with Crippen LogP contribution in [-0.2, 0) is 6.54 Å². The molecule has 0 unspecified atom stereocenters. The van der Waals surface area contributed by atoms with Crippen molar-refractivity contribution in [1.82, 2.24) is 14.5 Å². The van der Waals surface area contributed by atoms with E-state index in [0.717, 1.165) is 47.4 Å². The lowest BCUT2D eigenvalue weighted by Gasteiger charge is -2.19. The van der Waals surface area contributed by atoms with Crippen molar-refractivity contribution in [1.29, 1.82) is 0 Å². The van der Waals surface area contributed by atoms with Gasteiger partial charge in [0.25, 0.3) is 0 Å². The summed E-state index contributed by atoms with van der Waals surface area (Å²) in [6.45, 7) is 8.54. The standard InChI is InChI=1S/C19H24N4S/c1-3-22(4-2)13-14-23-18-8-6-5-7-17(18)21-19(23)24-16-11-9-15(20)10-12-16/h5-12H,3-4,13-14,20H2,1-2H3. The van der Waals surface area contributed by atoms with Crippen LogP contribution >= 0.6 is 11.8 Å². The maximum absolute atomic E-state index is 5.79. The van der Waals surface area contributed by atoms with Crippen LogP contribution in [0.3, 0.4) is 0 Å². The highest BCUT2D eigenvalue weighted by atomic mass is 32.2. The van der Waals surface area contributed by atoms with E-state index in [1.54, 1.807) is 11.8 Å². The summed E-state index contributed by atoms with van der Waals surface area (Å²) in [4.78, 5) is 8.43. The largest absolute Gasteiger partial charge is 0.399 e. The van der Waals surface area contributed by atoms with Gasteiger partial charge in [-0.1, -0.05) is 37.7 Å². The van der Waals surface area contributed by atoms with Crippen LogP contribution in [-0.4, -0.2) is 34.1 Å². The zero-order valence-corrected chi connectivity index (χ0v) is 15.1. The first-order valence-corrected chi connectivity index (χ1v) is 9.24. The van der Waals surface area contributed by atoms with E-state index in [1.807, 2.05) is 30.3 Å². The molecule has 5 heteroatoms. The van der Waals surface area contributed by atoms with Gasteiger partial charge in [-0.15, -0.1) is 0 Å². The highest BCUT2D eigenvalue weighted by Crippen LogP contribution is 2.30. The molecule has 1 aromatic heterocycles. The third-order valence-electron chi connectivity index (χ3n) is 4.24. The van der Waals surface area contributed by atoms with E-state index in [4.69, 9.17) is 10.7 Å². The van der Waals surface area contributed by atoms with Gasteiger partial charge in [0.1, 0.15) is 0 Å². The first-order chi connectivity index (χ1) is 11.7. The molecule has 0 amide bonds. The number of rotatable bonds is 7. The first kappa shape index (κ1) is 16.9. The molecule has 0 radical (unpaired) electrons. The van der Waals surface area contributed by atoms with E-state index in [9.17, 15) is 0 Å². The van der Waals surface area contributed by atoms with Crippen molar-refractivity contribution in [3.8, 4) is 0 Å². The molecule has 0 atom stereocenters. The van der Waals surface area contributed by atoms with Crippen molar-refractivity contribution in [3.63, 3.8) is 0 Å². The van der Waals surface area contributed by atoms with Crippen LogP contribution in [0.4, 0.5) is 5.69 Å². The average Bonchev–Trinajstić information content (AvgIpc) is 2.95. The summed E-state index contributed by atoms with van der Waals surface area (Å²) in [5.41, 5.74) is 8.82. The lowest BCUT2D eigenvalue weighted by Crippen LogP contribution is -2.27. The van der Waals surface area contributed by atoms with Crippen LogP contribution in [0.1, 0.15) is 13.8 Å². The van der Waals surface area contributed by atoms with Crippen molar-refractivity contribution in [2.24, 2.45) is 0 Å². The molecule has 2 aromatic carbocycles. The lowest BCUT2D eigenvalue weighted by molar-refractivity contribution is 0.288. The van der Waals surface area contributed by atoms with E-state index in [-0.39, 0.29) is 0 Å². The van der Waals surface area contributed by atoms with Crippen molar-refractivity contribution in [2.75, 3.05) is 25.4 Å². The summed E-state index contributed by atoms with van der Waals surface area (Å²) in [5, 5.41) is 1.04. The molecule has 0 fully saturated rings. The Hall–Kier alpha value is -1.98. The van der Waals surface area contributed by atoms with Crippen molar-refractivity contribution in [2.45, 2.75) is 30.4 Å². The Morgan fingerprint density at radius 3 is 2.46 bits per heavy atom. The average molecular weight is 340 g/mol. The summed E-state index contributed by atoms with van der Waals surface area (Å²) in [6.07, 6.45) is 0. The second kappa shape index (κ2) is 7.73. The highest BCUT2D eigenvalue weighted by molar-refractivity contribution is 7.99. The molecule has 3 rings (SSSR count). The maximum Gasteiger partial charge on any atom is 0.173 e. The topological polar surface area (TPSA) is 47.1 Å². The van der Waals surface area contributed by atoms with Crippen molar-refractivity contribution < 1.29 is 0 Å². The Labute approximate surface area is 147 Å². The molecule has 2 N–H and O–H groups in total. The fraction of sp³-hybridized carbons (Fsp3) is 0.316. The van der Waals surface area contributed by atoms with Crippen LogP contribution in [0.5, 0.6) is 0 Å². The summed E-state index contributed by atoms with van der Waals surface area (Å²) in [6, 6.07) is 16.3. The molecule has 4 nitrogen and oxygen atoms in total. The van der Waals surface area contributed by atoms with Crippen LogP contribution in [0.15, 0.2) is 58.6 Å². The minimum Gasteiger partial charge on any atom is -0.399 e. The van der Waals surface area contributed by atoms with E-state index in [0.29, 0.717) is 0 Å². The minimum atomic E-state index is 0.786. The number of hydrogen-bond donors (Lipinski definition) is 1. The monoisotopic (exact) mass is 340 g/mol. The van der Waals surface area contributed by atoms with Crippen LogP contribution in [0.2, 0.25) is 0 Å². The number of fused-ring (bicyclic) bond motifs is 1. The Morgan fingerprint density at radius 2 is 1.75 bits per heavy atom. The molecule has 3 aromatic rings. The molecule has 126 valence electrons. The maximum atomic E-state index is 5.79. The Balaban J connectivity index is 1.90. The van der Waals surface area contributed by atoms with Crippen molar-refractivity contribution >= 4 is 28.5 Å². The van der Waals surface area contributed by atoms with Crippen LogP contribution < -0.4 is 5.73 Å². The molecule has 0 saturated carbocycles. The number of anilines is 1. The van der Waals surface area contributed by atoms with Gasteiger partial charge >= 0.3 is 0 Å². The molecular formula is C19H24N4S. The summed E-state index contributed by atoms with van der Waals surface area (Å²) in [5.74, 6) is 0. The Kier molecular flexibility index (Phi) is 5.43. The fourth-order valence-corrected chi connectivity index (χ4v) is 3.70. The molecule has 0 aliphatic rings. The summed E-state index contributed by atoms with van der Waals surface area (Å²) >= 11 is 1.69. The molecular weight excluding hydrogens is 316 g/mol. The second-order valence-corrected chi connectivity index (χ2v) is 6.77. The number of imidazole rings is 1. The minimum absolute atomic E-state index is 0.786. The number of hydrogen-bond acceptors (Lipinski definition) is 4. The van der Waals surface area contributed by atoms with Gasteiger partial charge in [0.2, 0.25) is 0 Å². The number of nitrogens with zero attached hydrogens (tertiary/aromatic N) is 3. The Morgan fingerprint density at radius 1 is 1.04 bits per heavy atom. The van der Waals surface area contributed by atoms with Gasteiger partial charge in [-0.25, -0.2) is 4.98 Å². The van der Waals surface area contributed by atoms with E-state index in [2.05, 4.69) is 41.5 Å². The molecule has 0 saturated heterocycles. The molecule has 24 heavy (non-hydrogen) atoms. The van der Waals surface area contributed by atoms with Gasteiger partial charge in [0.05, 0.1) is 11.0 Å². The SMILES string of the molecule is CCN(CC)CCn1c(Sc2ccc(N)cc2)nc2ccccc21. The predicted molar refractivity (Wildman–Crippen MR) is 102 cm³/mol. The fourth-order valence-electron chi connectivity index (χ4n) is 2.77. The first-order valence-electron chi connectivity index (χ1n) is 8.42. The van der Waals surface area contributed by atoms with E-state index < -0.39 is 0 Å². The van der Waals surface area contributed by atoms with Gasteiger partial charge in [-0.2, -0.15) is 0 Å². The van der Waals surface area contributed by atoms with Crippen LogP contribution in [0.25, 0.3) is 11.0 Å². The molecule has 0 aliphatic carbocycles. The van der Waals surface area contributed by atoms with Gasteiger partial charge in [0.15, 0.2) is 5.16 Å². The van der Waals surface area contributed by atoms with Crippen molar-refractivity contribution in [3.05, 3.63) is 48.5 Å². The lowest BCUT2D eigenvalue weighted by atomic mass is 10.3. The number of nitrogen functional groups attached to an aromatic ring is 1. The van der Waals surface area contributed by atoms with E-state index in [1.165, 1.54) is 5.52 Å². The summed E-state index contributed by atoms with van der Waals surface area (Å²) in [7, 11) is 0. The summed E-state index contributed by atoms with van der Waals surface area (Å²) < 4.78 is 2.33. The highest BCUT2D eigenvalue weighted by Gasteiger charge is 2.12. The zero-order valence-electron chi connectivity index (χ0n) is 14.3. The quantitative estimate of drug-likeness (QED) is 0.658.